The molecular formula is C16H20N4O3S2. The first kappa shape index (κ1) is 17.9. The van der Waals surface area contributed by atoms with Crippen LogP contribution in [-0.4, -0.2) is 52.4 Å². The van der Waals surface area contributed by atoms with E-state index in [1.165, 1.54) is 11.8 Å². The minimum Gasteiger partial charge on any atom is -0.352 e. The van der Waals surface area contributed by atoms with Crippen molar-refractivity contribution in [2.24, 2.45) is 7.05 Å². The second-order valence-electron chi connectivity index (χ2n) is 6.14. The van der Waals surface area contributed by atoms with Crippen molar-refractivity contribution in [2.75, 3.05) is 17.3 Å². The number of carbonyl (C=O) groups is 1. The van der Waals surface area contributed by atoms with Gasteiger partial charge in [-0.05, 0) is 18.9 Å². The van der Waals surface area contributed by atoms with Crippen LogP contribution in [0.15, 0.2) is 29.4 Å². The van der Waals surface area contributed by atoms with Gasteiger partial charge in [0, 0.05) is 18.7 Å². The summed E-state index contributed by atoms with van der Waals surface area (Å²) >= 11 is 1.29. The third-order valence-electron chi connectivity index (χ3n) is 4.15. The second-order valence-corrected chi connectivity index (χ2v) is 9.31. The van der Waals surface area contributed by atoms with E-state index in [1.807, 2.05) is 42.8 Å². The van der Waals surface area contributed by atoms with Gasteiger partial charge in [-0.3, -0.25) is 4.79 Å². The summed E-state index contributed by atoms with van der Waals surface area (Å²) < 4.78 is 24.7. The highest BCUT2D eigenvalue weighted by atomic mass is 32.2. The van der Waals surface area contributed by atoms with Crippen molar-refractivity contribution in [1.29, 1.82) is 0 Å². The Labute approximate surface area is 151 Å². The molecule has 9 heteroatoms. The van der Waals surface area contributed by atoms with E-state index in [9.17, 15) is 13.2 Å². The maximum Gasteiger partial charge on any atom is 0.230 e. The second kappa shape index (κ2) is 7.17. The van der Waals surface area contributed by atoms with Crippen LogP contribution in [0.3, 0.4) is 0 Å². The van der Waals surface area contributed by atoms with Gasteiger partial charge in [0.15, 0.2) is 20.8 Å². The molecule has 7 nitrogen and oxygen atoms in total. The van der Waals surface area contributed by atoms with Gasteiger partial charge in [-0.25, -0.2) is 8.42 Å². The Bertz CT molecular complexity index is 893. The smallest absolute Gasteiger partial charge is 0.230 e. The minimum atomic E-state index is -2.99. The predicted octanol–water partition coefficient (Wildman–Crippen LogP) is 1.19. The number of thioether (sulfide) groups is 1. The topological polar surface area (TPSA) is 94.0 Å². The molecule has 0 radical (unpaired) electrons. The van der Waals surface area contributed by atoms with Crippen LogP contribution in [0, 0.1) is 6.92 Å². The van der Waals surface area contributed by atoms with Crippen LogP contribution in [0.5, 0.6) is 0 Å². The van der Waals surface area contributed by atoms with Gasteiger partial charge in [0.25, 0.3) is 0 Å². The molecule has 0 aliphatic carbocycles. The van der Waals surface area contributed by atoms with Gasteiger partial charge in [-0.2, -0.15) is 0 Å². The van der Waals surface area contributed by atoms with E-state index in [2.05, 4.69) is 15.5 Å². The Morgan fingerprint density at radius 2 is 2.12 bits per heavy atom. The normalized spacial score (nSPS) is 19.0. The number of benzene rings is 1. The molecule has 0 unspecified atom stereocenters. The molecule has 1 saturated heterocycles. The zero-order valence-electron chi connectivity index (χ0n) is 14.1. The molecule has 2 aromatic rings. The number of sulfone groups is 1. The molecule has 2 heterocycles. The van der Waals surface area contributed by atoms with E-state index in [0.717, 1.165) is 17.0 Å². The van der Waals surface area contributed by atoms with Gasteiger partial charge < -0.3 is 9.88 Å². The number of rotatable bonds is 5. The number of amides is 1. The van der Waals surface area contributed by atoms with Crippen molar-refractivity contribution >= 4 is 27.5 Å². The third-order valence-corrected chi connectivity index (χ3v) is 6.94. The monoisotopic (exact) mass is 380 g/mol. The Morgan fingerprint density at radius 3 is 2.80 bits per heavy atom. The van der Waals surface area contributed by atoms with Crippen molar-refractivity contribution in [1.82, 2.24) is 20.1 Å². The van der Waals surface area contributed by atoms with E-state index in [-0.39, 0.29) is 29.2 Å². The average molecular weight is 380 g/mol. The number of hydrogen-bond acceptors (Lipinski definition) is 6. The largest absolute Gasteiger partial charge is 0.352 e. The third kappa shape index (κ3) is 4.21. The van der Waals surface area contributed by atoms with E-state index >= 15 is 0 Å². The van der Waals surface area contributed by atoms with Crippen molar-refractivity contribution in [2.45, 2.75) is 24.5 Å². The first-order valence-electron chi connectivity index (χ1n) is 7.94. The van der Waals surface area contributed by atoms with Crippen LogP contribution < -0.4 is 5.32 Å². The quantitative estimate of drug-likeness (QED) is 0.783. The predicted molar refractivity (Wildman–Crippen MR) is 97.1 cm³/mol. The van der Waals surface area contributed by atoms with Crippen LogP contribution in [0.4, 0.5) is 0 Å². The molecule has 0 spiro atoms. The maximum absolute atomic E-state index is 12.0. The molecule has 0 bridgehead atoms. The van der Waals surface area contributed by atoms with Gasteiger partial charge in [-0.15, -0.1) is 10.2 Å². The lowest BCUT2D eigenvalue weighted by molar-refractivity contribution is -0.119. The SMILES string of the molecule is Cc1ccccc1-c1nnc(SCC(=O)N[C@H]2CCS(=O)(=O)C2)n1C. The molecule has 1 atom stereocenters. The molecule has 1 aliphatic rings. The van der Waals surface area contributed by atoms with Gasteiger partial charge in [0.05, 0.1) is 17.3 Å². The van der Waals surface area contributed by atoms with Crippen LogP contribution in [-0.2, 0) is 21.7 Å². The highest BCUT2D eigenvalue weighted by molar-refractivity contribution is 7.99. The molecule has 25 heavy (non-hydrogen) atoms. The van der Waals surface area contributed by atoms with E-state index in [4.69, 9.17) is 0 Å². The molecule has 0 saturated carbocycles. The zero-order chi connectivity index (χ0) is 18.0. The molecule has 1 aromatic carbocycles. The fourth-order valence-electron chi connectivity index (χ4n) is 2.81. The van der Waals surface area contributed by atoms with Gasteiger partial charge >= 0.3 is 0 Å². The molecule has 1 N–H and O–H groups in total. The highest BCUT2D eigenvalue weighted by Gasteiger charge is 2.28. The fraction of sp³-hybridized carbons (Fsp3) is 0.438. The van der Waals surface area contributed by atoms with Gasteiger partial charge in [-0.1, -0.05) is 36.0 Å². The first-order valence-corrected chi connectivity index (χ1v) is 10.7. The summed E-state index contributed by atoms with van der Waals surface area (Å²) in [5.74, 6) is 0.922. The van der Waals surface area contributed by atoms with Crippen molar-refractivity contribution < 1.29 is 13.2 Å². The molecule has 3 rings (SSSR count). The fourth-order valence-corrected chi connectivity index (χ4v) is 5.20. The Kier molecular flexibility index (Phi) is 5.14. The summed E-state index contributed by atoms with van der Waals surface area (Å²) in [6.45, 7) is 2.01. The number of nitrogens with zero attached hydrogens (tertiary/aromatic N) is 3. The van der Waals surface area contributed by atoms with E-state index < -0.39 is 9.84 Å². The van der Waals surface area contributed by atoms with Crippen molar-refractivity contribution in [3.05, 3.63) is 29.8 Å². The standard InChI is InChI=1S/C16H20N4O3S2/c1-11-5-3-4-6-13(11)15-18-19-16(20(15)2)24-9-14(21)17-12-7-8-25(22,23)10-12/h3-6,12H,7-10H2,1-2H3,(H,17,21)/t12-/m0/s1. The Balaban J connectivity index is 1.61. The van der Waals surface area contributed by atoms with Gasteiger partial charge in [0.2, 0.25) is 5.91 Å². The van der Waals surface area contributed by atoms with Crippen LogP contribution in [0.2, 0.25) is 0 Å². The number of nitrogens with one attached hydrogen (secondary N) is 1. The van der Waals surface area contributed by atoms with Crippen LogP contribution in [0.1, 0.15) is 12.0 Å². The summed E-state index contributed by atoms with van der Waals surface area (Å²) in [6.07, 6.45) is 0.486. The van der Waals surface area contributed by atoms with Crippen LogP contribution in [0.25, 0.3) is 11.4 Å². The molecule has 1 aliphatic heterocycles. The maximum atomic E-state index is 12.0. The average Bonchev–Trinajstić information content (AvgIpc) is 3.08. The molecule has 1 fully saturated rings. The zero-order valence-corrected chi connectivity index (χ0v) is 15.7. The lowest BCUT2D eigenvalue weighted by Gasteiger charge is -2.10. The Hall–Kier alpha value is -1.87. The molecular weight excluding hydrogens is 360 g/mol. The summed E-state index contributed by atoms with van der Waals surface area (Å²) in [5.41, 5.74) is 2.11. The Morgan fingerprint density at radius 1 is 1.36 bits per heavy atom. The van der Waals surface area contributed by atoms with Crippen molar-refractivity contribution in [3.63, 3.8) is 0 Å². The number of carbonyl (C=O) groups excluding carboxylic acids is 1. The van der Waals surface area contributed by atoms with E-state index in [1.54, 1.807) is 0 Å². The highest BCUT2D eigenvalue weighted by Crippen LogP contribution is 2.25. The van der Waals surface area contributed by atoms with Crippen molar-refractivity contribution in [3.8, 4) is 11.4 Å². The summed E-state index contributed by atoms with van der Waals surface area (Å²) in [7, 11) is -1.13. The summed E-state index contributed by atoms with van der Waals surface area (Å²) in [4.78, 5) is 12.0. The van der Waals surface area contributed by atoms with E-state index in [0.29, 0.717) is 11.6 Å². The lowest BCUT2D eigenvalue weighted by atomic mass is 10.1. The van der Waals surface area contributed by atoms with Gasteiger partial charge in [0.1, 0.15) is 0 Å². The number of hydrogen-bond donors (Lipinski definition) is 1. The lowest BCUT2D eigenvalue weighted by Crippen LogP contribution is -2.36. The molecule has 1 aromatic heterocycles. The molecule has 134 valence electrons. The molecule has 1 amide bonds. The summed E-state index contributed by atoms with van der Waals surface area (Å²) in [6, 6.07) is 7.65. The number of aryl methyl sites for hydroxylation is 1. The minimum absolute atomic E-state index is 0.0325. The van der Waals surface area contributed by atoms with Crippen LogP contribution >= 0.6 is 11.8 Å². The first-order chi connectivity index (χ1) is 11.9. The summed E-state index contributed by atoms with van der Waals surface area (Å²) in [5, 5.41) is 11.8. The number of aromatic nitrogens is 3.